The molecule has 0 rings (SSSR count). The lowest BCUT2D eigenvalue weighted by atomic mass is 10.4. The highest BCUT2D eigenvalue weighted by atomic mass is 32.2. The summed E-state index contributed by atoms with van der Waals surface area (Å²) in [4.78, 5) is 21.8. The third kappa shape index (κ3) is 6.52. The van der Waals surface area contributed by atoms with E-state index in [1.165, 1.54) is 21.2 Å². The molecular formula is C9H19N3O5S. The summed E-state index contributed by atoms with van der Waals surface area (Å²) in [6, 6.07) is 0. The van der Waals surface area contributed by atoms with Crippen LogP contribution in [-0.4, -0.2) is 58.9 Å². The van der Waals surface area contributed by atoms with Crippen molar-refractivity contribution in [2.24, 2.45) is 0 Å². The van der Waals surface area contributed by atoms with Gasteiger partial charge in [0.1, 0.15) is 0 Å². The largest absolute Gasteiger partial charge is 0.469 e. The number of hydrogen-bond donors (Lipinski definition) is 2. The Balaban J connectivity index is 4.11. The van der Waals surface area contributed by atoms with Gasteiger partial charge in [0, 0.05) is 33.6 Å². The van der Waals surface area contributed by atoms with Crippen LogP contribution in [0.3, 0.4) is 0 Å². The molecule has 0 aromatic heterocycles. The van der Waals surface area contributed by atoms with Gasteiger partial charge in [-0.1, -0.05) is 0 Å². The summed E-state index contributed by atoms with van der Waals surface area (Å²) >= 11 is 0. The van der Waals surface area contributed by atoms with E-state index in [0.717, 1.165) is 4.31 Å². The lowest BCUT2D eigenvalue weighted by Gasteiger charge is -2.16. The Labute approximate surface area is 107 Å². The molecule has 0 aliphatic rings. The second kappa shape index (κ2) is 8.01. The van der Waals surface area contributed by atoms with Crippen molar-refractivity contribution in [3.8, 4) is 0 Å². The van der Waals surface area contributed by atoms with Gasteiger partial charge in [-0.2, -0.15) is 12.7 Å². The Morgan fingerprint density at radius 1 is 1.28 bits per heavy atom. The number of rotatable bonds is 8. The van der Waals surface area contributed by atoms with Crippen LogP contribution in [0.2, 0.25) is 0 Å². The van der Waals surface area contributed by atoms with E-state index >= 15 is 0 Å². The van der Waals surface area contributed by atoms with Gasteiger partial charge in [0.2, 0.25) is 5.91 Å². The predicted octanol–water partition coefficient (Wildman–Crippen LogP) is -1.55. The summed E-state index contributed by atoms with van der Waals surface area (Å²) in [5, 5.41) is 2.38. The number of nitrogens with zero attached hydrogens (tertiary/aromatic N) is 1. The van der Waals surface area contributed by atoms with Crippen molar-refractivity contribution in [3.63, 3.8) is 0 Å². The Morgan fingerprint density at radius 3 is 2.39 bits per heavy atom. The zero-order valence-corrected chi connectivity index (χ0v) is 11.5. The lowest BCUT2D eigenvalue weighted by Crippen LogP contribution is -2.40. The van der Waals surface area contributed by atoms with Crippen molar-refractivity contribution in [3.05, 3.63) is 0 Å². The van der Waals surface area contributed by atoms with E-state index < -0.39 is 16.2 Å². The monoisotopic (exact) mass is 281 g/mol. The molecule has 0 aromatic carbocycles. The van der Waals surface area contributed by atoms with E-state index in [1.54, 1.807) is 0 Å². The molecule has 0 unspecified atom stereocenters. The molecule has 0 heterocycles. The van der Waals surface area contributed by atoms with Crippen LogP contribution in [0.5, 0.6) is 0 Å². The first-order chi connectivity index (χ1) is 8.33. The van der Waals surface area contributed by atoms with Gasteiger partial charge in [0.25, 0.3) is 10.2 Å². The minimum atomic E-state index is -3.67. The first kappa shape index (κ1) is 16.8. The van der Waals surface area contributed by atoms with Crippen LogP contribution in [0.25, 0.3) is 0 Å². The standard InChI is InChI=1S/C9H19N3O5S/c1-10-8(13)4-6-11-18(15,16)12(2)7-5-9(14)17-3/h11H,4-7H2,1-3H3,(H,10,13). The van der Waals surface area contributed by atoms with Crippen molar-refractivity contribution in [2.45, 2.75) is 12.8 Å². The van der Waals surface area contributed by atoms with Gasteiger partial charge in [-0.15, -0.1) is 0 Å². The smallest absolute Gasteiger partial charge is 0.306 e. The number of ether oxygens (including phenoxy) is 1. The molecule has 0 atom stereocenters. The molecule has 8 nitrogen and oxygen atoms in total. The number of carbonyl (C=O) groups is 2. The second-order valence-electron chi connectivity index (χ2n) is 3.47. The fraction of sp³-hybridized carbons (Fsp3) is 0.778. The van der Waals surface area contributed by atoms with Crippen LogP contribution in [0.15, 0.2) is 0 Å². The fourth-order valence-corrected chi connectivity index (χ4v) is 1.91. The second-order valence-corrected chi connectivity index (χ2v) is 5.33. The highest BCUT2D eigenvalue weighted by molar-refractivity contribution is 7.87. The van der Waals surface area contributed by atoms with E-state index in [1.807, 2.05) is 0 Å². The maximum Gasteiger partial charge on any atom is 0.306 e. The molecule has 0 aromatic rings. The summed E-state index contributed by atoms with van der Waals surface area (Å²) < 4.78 is 30.9. The van der Waals surface area contributed by atoms with E-state index in [-0.39, 0.29) is 31.8 Å². The lowest BCUT2D eigenvalue weighted by molar-refractivity contribution is -0.140. The number of hydrogen-bond acceptors (Lipinski definition) is 5. The quantitative estimate of drug-likeness (QED) is 0.524. The fourth-order valence-electron chi connectivity index (χ4n) is 1.000. The van der Waals surface area contributed by atoms with Gasteiger partial charge in [-0.3, -0.25) is 9.59 Å². The van der Waals surface area contributed by atoms with Crippen LogP contribution < -0.4 is 10.0 Å². The molecule has 18 heavy (non-hydrogen) atoms. The summed E-state index contributed by atoms with van der Waals surface area (Å²) in [7, 11) is 0.372. The van der Waals surface area contributed by atoms with Crippen molar-refractivity contribution in [1.82, 2.24) is 14.3 Å². The van der Waals surface area contributed by atoms with Crippen LogP contribution in [0.4, 0.5) is 0 Å². The normalized spacial score (nSPS) is 11.3. The van der Waals surface area contributed by atoms with Crippen LogP contribution in [0, 0.1) is 0 Å². The zero-order chi connectivity index (χ0) is 14.2. The molecule has 0 spiro atoms. The molecule has 2 N–H and O–H groups in total. The third-order valence-corrected chi connectivity index (χ3v) is 3.76. The Bertz CT molecular complexity index is 382. The van der Waals surface area contributed by atoms with Crippen molar-refractivity contribution >= 4 is 22.1 Å². The van der Waals surface area contributed by atoms with Crippen LogP contribution in [-0.2, 0) is 24.5 Å². The average Bonchev–Trinajstić information content (AvgIpc) is 2.34. The van der Waals surface area contributed by atoms with E-state index in [9.17, 15) is 18.0 Å². The van der Waals surface area contributed by atoms with Crippen LogP contribution >= 0.6 is 0 Å². The molecule has 9 heteroatoms. The Morgan fingerprint density at radius 2 is 1.89 bits per heavy atom. The van der Waals surface area contributed by atoms with E-state index in [2.05, 4.69) is 14.8 Å². The summed E-state index contributed by atoms with van der Waals surface area (Å²) in [5.41, 5.74) is 0. The van der Waals surface area contributed by atoms with Gasteiger partial charge in [0.05, 0.1) is 13.5 Å². The van der Waals surface area contributed by atoms with Crippen molar-refractivity contribution in [1.29, 1.82) is 0 Å². The minimum absolute atomic E-state index is 0.00453. The molecule has 0 bridgehead atoms. The van der Waals surface area contributed by atoms with Gasteiger partial charge in [-0.05, 0) is 0 Å². The zero-order valence-electron chi connectivity index (χ0n) is 10.7. The number of esters is 1. The van der Waals surface area contributed by atoms with E-state index in [4.69, 9.17) is 0 Å². The number of amides is 1. The molecule has 0 saturated heterocycles. The molecule has 0 radical (unpaired) electrons. The Hall–Kier alpha value is -1.19. The number of carbonyl (C=O) groups excluding carboxylic acids is 2. The van der Waals surface area contributed by atoms with E-state index in [0.29, 0.717) is 0 Å². The molecule has 0 aliphatic heterocycles. The Kier molecular flexibility index (Phi) is 7.48. The first-order valence-corrected chi connectivity index (χ1v) is 6.75. The summed E-state index contributed by atoms with van der Waals surface area (Å²) in [6.45, 7) is 0.0204. The number of nitrogens with one attached hydrogen (secondary N) is 2. The minimum Gasteiger partial charge on any atom is -0.469 e. The van der Waals surface area contributed by atoms with Gasteiger partial charge >= 0.3 is 5.97 Å². The first-order valence-electron chi connectivity index (χ1n) is 5.31. The van der Waals surface area contributed by atoms with Crippen molar-refractivity contribution < 1.29 is 22.7 Å². The molecular weight excluding hydrogens is 262 g/mol. The SMILES string of the molecule is CNC(=O)CCNS(=O)(=O)N(C)CCC(=O)OC. The highest BCUT2D eigenvalue weighted by Crippen LogP contribution is 1.97. The topological polar surface area (TPSA) is 105 Å². The van der Waals surface area contributed by atoms with Crippen molar-refractivity contribution in [2.75, 3.05) is 34.3 Å². The molecule has 1 amide bonds. The maximum absolute atomic E-state index is 11.6. The predicted molar refractivity (Wildman–Crippen MR) is 64.9 cm³/mol. The third-order valence-electron chi connectivity index (χ3n) is 2.18. The molecule has 0 aliphatic carbocycles. The highest BCUT2D eigenvalue weighted by Gasteiger charge is 2.18. The van der Waals surface area contributed by atoms with Gasteiger partial charge in [-0.25, -0.2) is 4.72 Å². The average molecular weight is 281 g/mol. The number of methoxy groups -OCH3 is 1. The molecule has 106 valence electrons. The molecule has 0 fully saturated rings. The molecule has 0 saturated carbocycles. The van der Waals surface area contributed by atoms with Crippen LogP contribution in [0.1, 0.15) is 12.8 Å². The summed E-state index contributed by atoms with van der Waals surface area (Å²) in [5.74, 6) is -0.739. The van der Waals surface area contributed by atoms with Gasteiger partial charge < -0.3 is 10.1 Å². The van der Waals surface area contributed by atoms with Gasteiger partial charge in [0.15, 0.2) is 0 Å². The summed E-state index contributed by atoms with van der Waals surface area (Å²) in [6.07, 6.45) is 0.0317. The maximum atomic E-state index is 11.6.